The van der Waals surface area contributed by atoms with Crippen LogP contribution in [0.3, 0.4) is 0 Å². The number of hydrogen-bond donors (Lipinski definition) is 2. The molecular formula is C34H33N3O3S. The summed E-state index contributed by atoms with van der Waals surface area (Å²) in [7, 11) is 0. The quantitative estimate of drug-likeness (QED) is 0.307. The first-order valence-corrected chi connectivity index (χ1v) is 14.8. The monoisotopic (exact) mass is 563 g/mol. The Morgan fingerprint density at radius 3 is 2.44 bits per heavy atom. The Labute approximate surface area is 245 Å². The second kappa shape index (κ2) is 12.5. The molecule has 6 nitrogen and oxygen atoms in total. The van der Waals surface area contributed by atoms with Crippen LogP contribution in [0.25, 0.3) is 0 Å². The van der Waals surface area contributed by atoms with E-state index in [1.54, 1.807) is 0 Å². The van der Waals surface area contributed by atoms with Crippen LogP contribution in [0.5, 0.6) is 5.75 Å². The number of anilines is 1. The van der Waals surface area contributed by atoms with Gasteiger partial charge in [-0.3, -0.25) is 9.59 Å². The summed E-state index contributed by atoms with van der Waals surface area (Å²) in [4.78, 5) is 26.1. The number of nitrogens with zero attached hydrogens (tertiary/aromatic N) is 1. The van der Waals surface area contributed by atoms with Gasteiger partial charge in [-0.1, -0.05) is 71.9 Å². The van der Waals surface area contributed by atoms with Gasteiger partial charge < -0.3 is 15.4 Å². The van der Waals surface area contributed by atoms with Crippen LogP contribution in [0.15, 0.2) is 88.6 Å². The number of nitrogens with one attached hydrogen (secondary N) is 2. The highest BCUT2D eigenvalue weighted by molar-refractivity contribution is 8.03. The minimum Gasteiger partial charge on any atom is -0.489 e. The number of carbonyl (C=O) groups excluding carboxylic acids is 2. The SMILES string of the molecule is Cc1cc(C)c(NC(=O)CSC2=C(C#N)[C@@H](c3ccc(OCc4ccccc4)cc3)C3=C(CCCC3=O)N2)c(C)c1. The summed E-state index contributed by atoms with van der Waals surface area (Å²) in [5, 5.41) is 17.3. The number of amides is 1. The molecule has 2 N–H and O–H groups in total. The maximum atomic E-state index is 13.1. The fraction of sp³-hybridized carbons (Fsp3) is 0.265. The van der Waals surface area contributed by atoms with Gasteiger partial charge in [-0.25, -0.2) is 0 Å². The van der Waals surface area contributed by atoms with E-state index < -0.39 is 5.92 Å². The molecule has 0 bridgehead atoms. The summed E-state index contributed by atoms with van der Waals surface area (Å²) in [5.74, 6) is 0.279. The van der Waals surface area contributed by atoms with Gasteiger partial charge in [-0.2, -0.15) is 5.26 Å². The molecule has 2 aliphatic rings. The molecule has 1 amide bonds. The summed E-state index contributed by atoms with van der Waals surface area (Å²) >= 11 is 1.30. The van der Waals surface area contributed by atoms with Crippen molar-refractivity contribution in [3.05, 3.63) is 116 Å². The average molecular weight is 564 g/mol. The van der Waals surface area contributed by atoms with Crippen molar-refractivity contribution in [1.82, 2.24) is 5.32 Å². The summed E-state index contributed by atoms with van der Waals surface area (Å²) in [6.45, 7) is 6.46. The average Bonchev–Trinajstić information content (AvgIpc) is 2.97. The van der Waals surface area contributed by atoms with Gasteiger partial charge in [0.1, 0.15) is 12.4 Å². The van der Waals surface area contributed by atoms with Crippen LogP contribution >= 0.6 is 11.8 Å². The highest BCUT2D eigenvalue weighted by Gasteiger charge is 2.37. The number of ether oxygens (including phenoxy) is 1. The second-order valence-corrected chi connectivity index (χ2v) is 11.5. The van der Waals surface area contributed by atoms with E-state index in [1.165, 1.54) is 11.8 Å². The highest BCUT2D eigenvalue weighted by atomic mass is 32.2. The van der Waals surface area contributed by atoms with Crippen LogP contribution in [0.4, 0.5) is 5.69 Å². The van der Waals surface area contributed by atoms with E-state index in [-0.39, 0.29) is 17.4 Å². The molecule has 41 heavy (non-hydrogen) atoms. The lowest BCUT2D eigenvalue weighted by Crippen LogP contribution is -2.31. The molecule has 0 saturated carbocycles. The molecular weight excluding hydrogens is 530 g/mol. The first-order valence-electron chi connectivity index (χ1n) is 13.8. The first-order chi connectivity index (χ1) is 19.8. The van der Waals surface area contributed by atoms with E-state index in [1.807, 2.05) is 87.5 Å². The molecule has 5 rings (SSSR count). The predicted molar refractivity (Wildman–Crippen MR) is 163 cm³/mol. The van der Waals surface area contributed by atoms with Crippen molar-refractivity contribution in [2.45, 2.75) is 52.6 Å². The Morgan fingerprint density at radius 1 is 1.05 bits per heavy atom. The van der Waals surface area contributed by atoms with Crippen molar-refractivity contribution in [3.63, 3.8) is 0 Å². The number of carbonyl (C=O) groups is 2. The Balaban J connectivity index is 1.37. The van der Waals surface area contributed by atoms with Gasteiger partial charge in [0.15, 0.2) is 5.78 Å². The van der Waals surface area contributed by atoms with Crippen LogP contribution in [0.1, 0.15) is 53.0 Å². The van der Waals surface area contributed by atoms with Gasteiger partial charge in [-0.05, 0) is 68.0 Å². The largest absolute Gasteiger partial charge is 0.489 e. The van der Waals surface area contributed by atoms with E-state index in [4.69, 9.17) is 4.74 Å². The molecule has 0 saturated heterocycles. The molecule has 1 heterocycles. The highest BCUT2D eigenvalue weighted by Crippen LogP contribution is 2.44. The lowest BCUT2D eigenvalue weighted by molar-refractivity contribution is -0.116. The van der Waals surface area contributed by atoms with Gasteiger partial charge in [-0.15, -0.1) is 0 Å². The molecule has 0 unspecified atom stereocenters. The lowest BCUT2D eigenvalue weighted by Gasteiger charge is -2.33. The number of allylic oxidation sites excluding steroid dienone is 3. The normalized spacial score (nSPS) is 16.5. The van der Waals surface area contributed by atoms with Crippen LogP contribution in [0.2, 0.25) is 0 Å². The molecule has 3 aromatic carbocycles. The number of ketones is 1. The van der Waals surface area contributed by atoms with Gasteiger partial charge >= 0.3 is 0 Å². The molecule has 1 aliphatic heterocycles. The van der Waals surface area contributed by atoms with Gasteiger partial charge in [0.05, 0.1) is 28.3 Å². The Bertz CT molecular complexity index is 1560. The number of hydrogen-bond acceptors (Lipinski definition) is 6. The molecule has 0 radical (unpaired) electrons. The lowest BCUT2D eigenvalue weighted by atomic mass is 9.77. The van der Waals surface area contributed by atoms with Crippen molar-refractivity contribution in [1.29, 1.82) is 5.26 Å². The summed E-state index contributed by atoms with van der Waals surface area (Å²) < 4.78 is 5.96. The topological polar surface area (TPSA) is 91.2 Å². The smallest absolute Gasteiger partial charge is 0.234 e. The predicted octanol–water partition coefficient (Wildman–Crippen LogP) is 6.99. The maximum absolute atomic E-state index is 13.1. The van der Waals surface area contributed by atoms with Crippen LogP contribution < -0.4 is 15.4 Å². The third-order valence-electron chi connectivity index (χ3n) is 7.41. The fourth-order valence-electron chi connectivity index (χ4n) is 5.56. The van der Waals surface area contributed by atoms with Crippen molar-refractivity contribution in [2.75, 3.05) is 11.1 Å². The second-order valence-electron chi connectivity index (χ2n) is 10.5. The molecule has 1 atom stereocenters. The standard InChI is InChI=1S/C34H33N3O3S/c1-21-16-22(2)33(23(3)17-21)37-30(39)20-41-34-27(18-35)31(32-28(36-34)10-7-11-29(32)38)25-12-14-26(15-13-25)40-19-24-8-5-4-6-9-24/h4-6,8-9,12-17,31,36H,7,10-11,19-20H2,1-3H3,(H,37,39)/t31-/m1/s1. The molecule has 1 aliphatic carbocycles. The minimum absolute atomic E-state index is 0.0630. The van der Waals surface area contributed by atoms with Gasteiger partial charge in [0.25, 0.3) is 0 Å². The molecule has 0 spiro atoms. The zero-order chi connectivity index (χ0) is 28.9. The van der Waals surface area contributed by atoms with Gasteiger partial charge in [0, 0.05) is 23.4 Å². The summed E-state index contributed by atoms with van der Waals surface area (Å²) in [6.07, 6.45) is 1.95. The van der Waals surface area contributed by atoms with E-state index in [9.17, 15) is 14.9 Å². The number of nitriles is 1. The maximum Gasteiger partial charge on any atom is 0.234 e. The first kappa shape index (κ1) is 28.3. The zero-order valence-electron chi connectivity index (χ0n) is 23.5. The third kappa shape index (κ3) is 6.39. The molecule has 3 aromatic rings. The van der Waals surface area contributed by atoms with Crippen LogP contribution in [0, 0.1) is 32.1 Å². The molecule has 208 valence electrons. The fourth-order valence-corrected chi connectivity index (χ4v) is 6.42. The van der Waals surface area contributed by atoms with Crippen LogP contribution in [-0.4, -0.2) is 17.4 Å². The third-order valence-corrected chi connectivity index (χ3v) is 8.43. The van der Waals surface area contributed by atoms with Crippen molar-refractivity contribution < 1.29 is 14.3 Å². The van der Waals surface area contributed by atoms with E-state index in [2.05, 4.69) is 16.7 Å². The van der Waals surface area contributed by atoms with Crippen molar-refractivity contribution in [2.24, 2.45) is 0 Å². The van der Waals surface area contributed by atoms with Crippen LogP contribution in [-0.2, 0) is 16.2 Å². The number of thioether (sulfide) groups is 1. The van der Waals surface area contributed by atoms with Crippen molar-refractivity contribution >= 4 is 29.1 Å². The molecule has 0 fully saturated rings. The number of rotatable bonds is 8. The number of Topliss-reactive ketones (excluding diaryl/α,β-unsaturated/α-hetero) is 1. The summed E-state index contributed by atoms with van der Waals surface area (Å²) in [5.41, 5.74) is 7.89. The molecule has 7 heteroatoms. The van der Waals surface area contributed by atoms with Crippen molar-refractivity contribution in [3.8, 4) is 11.8 Å². The number of dihydropyridines is 1. The van der Waals surface area contributed by atoms with E-state index in [0.29, 0.717) is 35.0 Å². The Kier molecular flexibility index (Phi) is 8.61. The number of aryl methyl sites for hydroxylation is 3. The summed E-state index contributed by atoms with van der Waals surface area (Å²) in [6, 6.07) is 24.0. The van der Waals surface area contributed by atoms with E-state index >= 15 is 0 Å². The number of benzene rings is 3. The minimum atomic E-state index is -0.487. The Hall–Kier alpha value is -4.28. The van der Waals surface area contributed by atoms with Gasteiger partial charge in [0.2, 0.25) is 5.91 Å². The molecule has 0 aromatic heterocycles. The zero-order valence-corrected chi connectivity index (χ0v) is 24.4. The Morgan fingerprint density at radius 2 is 1.76 bits per heavy atom. The van der Waals surface area contributed by atoms with E-state index in [0.717, 1.165) is 52.0 Å².